The largest absolute Gasteiger partial charge is 0.508 e. The highest BCUT2D eigenvalue weighted by Crippen LogP contribution is 2.22. The highest BCUT2D eigenvalue weighted by Gasteiger charge is 2.19. The molecule has 5 nitrogen and oxygen atoms in total. The third kappa shape index (κ3) is 4.76. The Morgan fingerprint density at radius 1 is 0.929 bits per heavy atom. The number of amides is 1. The lowest BCUT2D eigenvalue weighted by molar-refractivity contribution is -0.123. The van der Waals surface area contributed by atoms with Crippen LogP contribution in [-0.2, 0) is 9.53 Å². The molecule has 0 radical (unpaired) electrons. The molecule has 0 aliphatic heterocycles. The van der Waals surface area contributed by atoms with Crippen molar-refractivity contribution in [3.8, 4) is 16.9 Å². The third-order valence-corrected chi connectivity index (χ3v) is 4.26. The number of rotatable bonds is 5. The van der Waals surface area contributed by atoms with Crippen LogP contribution in [0.2, 0.25) is 0 Å². The normalized spacial score (nSPS) is 11.5. The fraction of sp³-hybridized carbons (Fsp3) is 0.130. The zero-order chi connectivity index (χ0) is 20.1. The van der Waals surface area contributed by atoms with Crippen LogP contribution in [0.25, 0.3) is 11.1 Å². The molecule has 0 spiro atoms. The van der Waals surface area contributed by atoms with Crippen molar-refractivity contribution >= 4 is 17.6 Å². The number of benzene rings is 3. The molecular formula is C23H21NO4. The first-order valence-electron chi connectivity index (χ1n) is 8.90. The quantitative estimate of drug-likeness (QED) is 0.642. The molecule has 28 heavy (non-hydrogen) atoms. The molecule has 5 heteroatoms. The summed E-state index contributed by atoms with van der Waals surface area (Å²) in [5.74, 6) is -0.759. The molecule has 0 aliphatic rings. The van der Waals surface area contributed by atoms with E-state index in [1.807, 2.05) is 25.1 Å². The van der Waals surface area contributed by atoms with Crippen molar-refractivity contribution in [2.24, 2.45) is 0 Å². The van der Waals surface area contributed by atoms with E-state index < -0.39 is 12.1 Å². The summed E-state index contributed by atoms with van der Waals surface area (Å²) in [4.78, 5) is 24.6. The van der Waals surface area contributed by atoms with E-state index in [0.29, 0.717) is 11.3 Å². The smallest absolute Gasteiger partial charge is 0.338 e. The molecule has 0 saturated heterocycles. The third-order valence-electron chi connectivity index (χ3n) is 4.26. The van der Waals surface area contributed by atoms with Gasteiger partial charge in [0.15, 0.2) is 6.10 Å². The SMILES string of the molecule is Cc1cccc(NC(=O)C(C)OC(=O)c2ccc(-c3ccc(O)cc3)cc2)c1. The Morgan fingerprint density at radius 2 is 1.54 bits per heavy atom. The number of phenols is 1. The predicted molar refractivity (Wildman–Crippen MR) is 108 cm³/mol. The Labute approximate surface area is 163 Å². The van der Waals surface area contributed by atoms with Crippen molar-refractivity contribution in [3.05, 3.63) is 83.9 Å². The Hall–Kier alpha value is -3.60. The van der Waals surface area contributed by atoms with Crippen LogP contribution >= 0.6 is 0 Å². The summed E-state index contributed by atoms with van der Waals surface area (Å²) >= 11 is 0. The second-order valence-electron chi connectivity index (χ2n) is 6.53. The Morgan fingerprint density at radius 3 is 2.14 bits per heavy atom. The van der Waals surface area contributed by atoms with Crippen LogP contribution in [0.15, 0.2) is 72.8 Å². The fourth-order valence-electron chi connectivity index (χ4n) is 2.70. The summed E-state index contributed by atoms with van der Waals surface area (Å²) in [5, 5.41) is 12.1. The number of anilines is 1. The average molecular weight is 375 g/mol. The van der Waals surface area contributed by atoms with E-state index >= 15 is 0 Å². The van der Waals surface area contributed by atoms with Crippen LogP contribution in [0, 0.1) is 6.92 Å². The van der Waals surface area contributed by atoms with Crippen molar-refractivity contribution < 1.29 is 19.4 Å². The first-order valence-corrected chi connectivity index (χ1v) is 8.90. The summed E-state index contributed by atoms with van der Waals surface area (Å²) in [6.07, 6.45) is -0.926. The summed E-state index contributed by atoms with van der Waals surface area (Å²) in [5.41, 5.74) is 3.87. The molecule has 2 N–H and O–H groups in total. The van der Waals surface area contributed by atoms with Crippen LogP contribution in [0.3, 0.4) is 0 Å². The summed E-state index contributed by atoms with van der Waals surface area (Å²) in [6.45, 7) is 3.47. The van der Waals surface area contributed by atoms with Gasteiger partial charge in [0.2, 0.25) is 0 Å². The Kier molecular flexibility index (Phi) is 5.75. The number of nitrogens with one attached hydrogen (secondary N) is 1. The number of hydrogen-bond donors (Lipinski definition) is 2. The number of phenolic OH excluding ortho intramolecular Hbond substituents is 1. The van der Waals surface area contributed by atoms with Crippen LogP contribution in [-0.4, -0.2) is 23.1 Å². The molecule has 0 aromatic heterocycles. The van der Waals surface area contributed by atoms with E-state index in [9.17, 15) is 14.7 Å². The van der Waals surface area contributed by atoms with Crippen LogP contribution in [0.4, 0.5) is 5.69 Å². The van der Waals surface area contributed by atoms with Gasteiger partial charge in [-0.25, -0.2) is 4.79 Å². The number of carbonyl (C=O) groups is 2. The van der Waals surface area contributed by atoms with Crippen LogP contribution < -0.4 is 5.32 Å². The van der Waals surface area contributed by atoms with E-state index in [4.69, 9.17) is 4.74 Å². The number of aromatic hydroxyl groups is 1. The minimum atomic E-state index is -0.926. The molecule has 3 rings (SSSR count). The summed E-state index contributed by atoms with van der Waals surface area (Å²) in [7, 11) is 0. The molecule has 3 aromatic rings. The number of carbonyl (C=O) groups excluding carboxylic acids is 2. The second-order valence-corrected chi connectivity index (χ2v) is 6.53. The first-order chi connectivity index (χ1) is 13.4. The molecule has 0 aliphatic carbocycles. The van der Waals surface area contributed by atoms with Gasteiger partial charge in [0, 0.05) is 5.69 Å². The van der Waals surface area contributed by atoms with Gasteiger partial charge in [-0.1, -0.05) is 36.4 Å². The number of hydrogen-bond acceptors (Lipinski definition) is 4. The van der Waals surface area contributed by atoms with E-state index in [0.717, 1.165) is 16.7 Å². The zero-order valence-corrected chi connectivity index (χ0v) is 15.7. The molecule has 142 valence electrons. The predicted octanol–water partition coefficient (Wildman–Crippen LogP) is 4.55. The molecule has 3 aromatic carbocycles. The van der Waals surface area contributed by atoms with E-state index in [1.165, 1.54) is 6.92 Å². The first kappa shape index (κ1) is 19.2. The van der Waals surface area contributed by atoms with Gasteiger partial charge >= 0.3 is 5.97 Å². The Bertz CT molecular complexity index is 978. The maximum absolute atomic E-state index is 12.3. The second kappa shape index (κ2) is 8.39. The maximum atomic E-state index is 12.3. The van der Waals surface area contributed by atoms with E-state index in [2.05, 4.69) is 5.32 Å². The highest BCUT2D eigenvalue weighted by atomic mass is 16.5. The van der Waals surface area contributed by atoms with Crippen molar-refractivity contribution in [2.75, 3.05) is 5.32 Å². The lowest BCUT2D eigenvalue weighted by atomic mass is 10.0. The van der Waals surface area contributed by atoms with Gasteiger partial charge in [-0.3, -0.25) is 4.79 Å². The molecule has 0 bridgehead atoms. The average Bonchev–Trinajstić information content (AvgIpc) is 2.68. The lowest BCUT2D eigenvalue weighted by Crippen LogP contribution is -2.30. The molecular weight excluding hydrogens is 354 g/mol. The van der Waals surface area contributed by atoms with Crippen LogP contribution in [0.5, 0.6) is 5.75 Å². The Balaban J connectivity index is 1.62. The molecule has 0 heterocycles. The van der Waals surface area contributed by atoms with Gasteiger partial charge in [0.25, 0.3) is 5.91 Å². The molecule has 1 atom stereocenters. The topological polar surface area (TPSA) is 75.6 Å². The summed E-state index contributed by atoms with van der Waals surface area (Å²) < 4.78 is 5.28. The maximum Gasteiger partial charge on any atom is 0.338 e. The zero-order valence-electron chi connectivity index (χ0n) is 15.7. The molecule has 0 saturated carbocycles. The standard InChI is InChI=1S/C23H21NO4/c1-15-4-3-5-20(14-15)24-22(26)16(2)28-23(27)19-8-6-17(7-9-19)18-10-12-21(25)13-11-18/h3-14,16,25H,1-2H3,(H,24,26). The lowest BCUT2D eigenvalue weighted by Gasteiger charge is -2.14. The monoisotopic (exact) mass is 375 g/mol. The number of esters is 1. The minimum absolute atomic E-state index is 0.196. The van der Waals surface area contributed by atoms with Crippen molar-refractivity contribution in [3.63, 3.8) is 0 Å². The van der Waals surface area contributed by atoms with Crippen molar-refractivity contribution in [1.29, 1.82) is 0 Å². The van der Waals surface area contributed by atoms with E-state index in [1.54, 1.807) is 54.6 Å². The molecule has 0 fully saturated rings. The molecule has 1 amide bonds. The van der Waals surface area contributed by atoms with Gasteiger partial charge in [0.1, 0.15) is 5.75 Å². The van der Waals surface area contributed by atoms with Crippen LogP contribution in [0.1, 0.15) is 22.8 Å². The summed E-state index contributed by atoms with van der Waals surface area (Å²) in [6, 6.07) is 21.1. The highest BCUT2D eigenvalue weighted by molar-refractivity contribution is 5.97. The van der Waals surface area contributed by atoms with Gasteiger partial charge in [-0.15, -0.1) is 0 Å². The van der Waals surface area contributed by atoms with Gasteiger partial charge in [-0.2, -0.15) is 0 Å². The van der Waals surface area contributed by atoms with Gasteiger partial charge < -0.3 is 15.2 Å². The van der Waals surface area contributed by atoms with Crippen molar-refractivity contribution in [1.82, 2.24) is 0 Å². The number of aryl methyl sites for hydroxylation is 1. The fourth-order valence-corrected chi connectivity index (χ4v) is 2.70. The van der Waals surface area contributed by atoms with Gasteiger partial charge in [-0.05, 0) is 66.9 Å². The molecule has 1 unspecified atom stereocenters. The number of ether oxygens (including phenoxy) is 1. The minimum Gasteiger partial charge on any atom is -0.508 e. The van der Waals surface area contributed by atoms with Crippen molar-refractivity contribution in [2.45, 2.75) is 20.0 Å². The van der Waals surface area contributed by atoms with Gasteiger partial charge in [0.05, 0.1) is 5.56 Å². The van der Waals surface area contributed by atoms with E-state index in [-0.39, 0.29) is 11.7 Å².